The second-order valence-corrected chi connectivity index (χ2v) is 6.89. The van der Waals surface area contributed by atoms with Crippen molar-refractivity contribution >= 4 is 23.4 Å². The SMILES string of the molecule is C/C=C(/c1ccc(-c2ccc(C)cc2)s1)c1ccc(OC)cc1OC=O. The van der Waals surface area contributed by atoms with Gasteiger partial charge in [0.15, 0.2) is 0 Å². The lowest BCUT2D eigenvalue weighted by Crippen LogP contribution is -1.96. The van der Waals surface area contributed by atoms with Gasteiger partial charge in [-0.25, -0.2) is 0 Å². The number of rotatable bonds is 6. The second-order valence-electron chi connectivity index (χ2n) is 5.81. The van der Waals surface area contributed by atoms with Crippen LogP contribution in [0.1, 0.15) is 22.9 Å². The molecule has 2 aromatic carbocycles. The highest BCUT2D eigenvalue weighted by Crippen LogP contribution is 2.39. The van der Waals surface area contributed by atoms with E-state index in [2.05, 4.69) is 43.3 Å². The van der Waals surface area contributed by atoms with Crippen molar-refractivity contribution in [3.63, 3.8) is 0 Å². The summed E-state index contributed by atoms with van der Waals surface area (Å²) < 4.78 is 10.4. The number of carbonyl (C=O) groups excluding carboxylic acids is 1. The molecule has 0 spiro atoms. The number of carbonyl (C=O) groups is 1. The summed E-state index contributed by atoms with van der Waals surface area (Å²) in [6.07, 6.45) is 2.03. The number of benzene rings is 2. The van der Waals surface area contributed by atoms with E-state index in [1.165, 1.54) is 16.0 Å². The van der Waals surface area contributed by atoms with Crippen LogP contribution in [0.2, 0.25) is 0 Å². The van der Waals surface area contributed by atoms with Gasteiger partial charge in [-0.2, -0.15) is 0 Å². The average Bonchev–Trinajstić information content (AvgIpc) is 3.14. The largest absolute Gasteiger partial charge is 0.497 e. The minimum atomic E-state index is 0.442. The van der Waals surface area contributed by atoms with E-state index in [9.17, 15) is 4.79 Å². The van der Waals surface area contributed by atoms with Crippen molar-refractivity contribution in [1.29, 1.82) is 0 Å². The summed E-state index contributed by atoms with van der Waals surface area (Å²) in [7, 11) is 1.59. The van der Waals surface area contributed by atoms with Gasteiger partial charge in [-0.3, -0.25) is 4.79 Å². The smallest absolute Gasteiger partial charge is 0.298 e. The van der Waals surface area contributed by atoms with E-state index in [1.54, 1.807) is 24.5 Å². The molecule has 1 aromatic heterocycles. The fraction of sp³-hybridized carbons (Fsp3) is 0.136. The Morgan fingerprint density at radius 2 is 1.81 bits per heavy atom. The van der Waals surface area contributed by atoms with E-state index < -0.39 is 0 Å². The first-order valence-electron chi connectivity index (χ1n) is 8.28. The van der Waals surface area contributed by atoms with Crippen LogP contribution in [-0.2, 0) is 4.79 Å². The van der Waals surface area contributed by atoms with Crippen LogP contribution in [0, 0.1) is 6.92 Å². The standard InChI is InChI=1S/C22H20O3S/c1-4-18(19-10-9-17(24-3)13-20(19)25-14-23)22-12-11-21(26-22)16-7-5-15(2)6-8-16/h4-14H,1-3H3/b18-4+. The summed E-state index contributed by atoms with van der Waals surface area (Å²) in [5.74, 6) is 1.13. The van der Waals surface area contributed by atoms with Gasteiger partial charge in [0.25, 0.3) is 6.47 Å². The third-order valence-electron chi connectivity index (χ3n) is 4.15. The minimum Gasteiger partial charge on any atom is -0.497 e. The van der Waals surface area contributed by atoms with Crippen LogP contribution >= 0.6 is 11.3 Å². The van der Waals surface area contributed by atoms with Crippen molar-refractivity contribution in [2.45, 2.75) is 13.8 Å². The van der Waals surface area contributed by atoms with Crippen molar-refractivity contribution in [2.24, 2.45) is 0 Å². The lowest BCUT2D eigenvalue weighted by atomic mass is 10.0. The molecule has 132 valence electrons. The van der Waals surface area contributed by atoms with Crippen LogP contribution in [0.4, 0.5) is 0 Å². The molecule has 4 heteroatoms. The first-order chi connectivity index (χ1) is 12.7. The summed E-state index contributed by atoms with van der Waals surface area (Å²) in [6, 6.07) is 18.2. The van der Waals surface area contributed by atoms with E-state index in [0.717, 1.165) is 16.0 Å². The molecule has 0 amide bonds. The van der Waals surface area contributed by atoms with Crippen molar-refractivity contribution < 1.29 is 14.3 Å². The predicted octanol–water partition coefficient (Wildman–Crippen LogP) is 5.72. The van der Waals surface area contributed by atoms with Gasteiger partial charge in [0.05, 0.1) is 7.11 Å². The molecule has 0 fully saturated rings. The fourth-order valence-corrected chi connectivity index (χ4v) is 3.89. The molecular weight excluding hydrogens is 344 g/mol. The van der Waals surface area contributed by atoms with E-state index in [4.69, 9.17) is 9.47 Å². The molecule has 0 saturated carbocycles. The molecule has 0 saturated heterocycles. The third-order valence-corrected chi connectivity index (χ3v) is 5.32. The molecule has 0 aliphatic rings. The van der Waals surface area contributed by atoms with Crippen molar-refractivity contribution in [1.82, 2.24) is 0 Å². The number of hydrogen-bond donors (Lipinski definition) is 0. The first kappa shape index (κ1) is 18.0. The predicted molar refractivity (Wildman–Crippen MR) is 107 cm³/mol. The molecule has 0 bridgehead atoms. The maximum atomic E-state index is 10.9. The Labute approximate surface area is 157 Å². The lowest BCUT2D eigenvalue weighted by Gasteiger charge is -2.11. The van der Waals surface area contributed by atoms with Crippen molar-refractivity contribution in [3.8, 4) is 21.9 Å². The van der Waals surface area contributed by atoms with Gasteiger partial charge in [-0.1, -0.05) is 35.9 Å². The van der Waals surface area contributed by atoms with Crippen LogP contribution < -0.4 is 9.47 Å². The molecule has 26 heavy (non-hydrogen) atoms. The Kier molecular flexibility index (Phi) is 5.54. The van der Waals surface area contributed by atoms with Gasteiger partial charge in [-0.15, -0.1) is 11.3 Å². The van der Waals surface area contributed by atoms with E-state index in [-0.39, 0.29) is 0 Å². The summed E-state index contributed by atoms with van der Waals surface area (Å²) >= 11 is 1.71. The van der Waals surface area contributed by atoms with Gasteiger partial charge in [0, 0.05) is 21.4 Å². The second kappa shape index (κ2) is 8.02. The van der Waals surface area contributed by atoms with Crippen LogP contribution in [0.25, 0.3) is 16.0 Å². The number of ether oxygens (including phenoxy) is 2. The van der Waals surface area contributed by atoms with Crippen LogP contribution in [-0.4, -0.2) is 13.6 Å². The maximum Gasteiger partial charge on any atom is 0.298 e. The molecule has 0 radical (unpaired) electrons. The van der Waals surface area contributed by atoms with E-state index >= 15 is 0 Å². The van der Waals surface area contributed by atoms with Crippen molar-refractivity contribution in [3.05, 3.63) is 76.7 Å². The number of methoxy groups -OCH3 is 1. The normalized spacial score (nSPS) is 11.3. The zero-order chi connectivity index (χ0) is 18.5. The number of allylic oxidation sites excluding steroid dienone is 1. The Balaban J connectivity index is 2.00. The van der Waals surface area contributed by atoms with Gasteiger partial charge < -0.3 is 9.47 Å². The monoisotopic (exact) mass is 364 g/mol. The third kappa shape index (κ3) is 3.70. The van der Waals surface area contributed by atoms with Gasteiger partial charge in [0.2, 0.25) is 0 Å². The summed E-state index contributed by atoms with van der Waals surface area (Å²) in [4.78, 5) is 13.2. The Morgan fingerprint density at radius 3 is 2.46 bits per heavy atom. The summed E-state index contributed by atoms with van der Waals surface area (Å²) in [6.45, 7) is 4.51. The molecule has 0 aliphatic carbocycles. The molecule has 0 aliphatic heterocycles. The van der Waals surface area contributed by atoms with Gasteiger partial charge in [-0.05, 0) is 49.2 Å². The lowest BCUT2D eigenvalue weighted by molar-refractivity contribution is -0.120. The first-order valence-corrected chi connectivity index (χ1v) is 9.10. The zero-order valence-corrected chi connectivity index (χ0v) is 15.8. The Bertz CT molecular complexity index is 936. The molecule has 3 nitrogen and oxygen atoms in total. The zero-order valence-electron chi connectivity index (χ0n) is 15.0. The highest BCUT2D eigenvalue weighted by atomic mass is 32.1. The topological polar surface area (TPSA) is 35.5 Å². The maximum absolute atomic E-state index is 10.9. The molecule has 0 unspecified atom stereocenters. The molecular formula is C22H20O3S. The van der Waals surface area contributed by atoms with Crippen LogP contribution in [0.3, 0.4) is 0 Å². The number of aryl methyl sites for hydroxylation is 1. The van der Waals surface area contributed by atoms with E-state index in [0.29, 0.717) is 18.0 Å². The van der Waals surface area contributed by atoms with Crippen LogP contribution in [0.5, 0.6) is 11.5 Å². The molecule has 0 N–H and O–H groups in total. The Morgan fingerprint density at radius 1 is 1.04 bits per heavy atom. The minimum absolute atomic E-state index is 0.442. The highest BCUT2D eigenvalue weighted by Gasteiger charge is 2.14. The van der Waals surface area contributed by atoms with Gasteiger partial charge in [0.1, 0.15) is 11.5 Å². The number of hydrogen-bond acceptors (Lipinski definition) is 4. The molecule has 3 rings (SSSR count). The molecule has 1 heterocycles. The summed E-state index contributed by atoms with van der Waals surface area (Å²) in [5, 5.41) is 0. The molecule has 3 aromatic rings. The Hall–Kier alpha value is -2.85. The number of thiophene rings is 1. The van der Waals surface area contributed by atoms with E-state index in [1.807, 2.05) is 25.1 Å². The summed E-state index contributed by atoms with van der Waals surface area (Å²) in [5.41, 5.74) is 4.32. The highest BCUT2D eigenvalue weighted by molar-refractivity contribution is 7.16. The van der Waals surface area contributed by atoms with Crippen molar-refractivity contribution in [2.75, 3.05) is 7.11 Å². The molecule has 0 atom stereocenters. The average molecular weight is 364 g/mol. The fourth-order valence-electron chi connectivity index (χ4n) is 2.79. The van der Waals surface area contributed by atoms with Gasteiger partial charge >= 0.3 is 0 Å². The van der Waals surface area contributed by atoms with Crippen LogP contribution in [0.15, 0.2) is 60.7 Å². The quantitative estimate of drug-likeness (QED) is 0.525.